The lowest BCUT2D eigenvalue weighted by molar-refractivity contribution is -0.145. The minimum atomic E-state index is -1.25. The Morgan fingerprint density at radius 1 is 0.857 bits per heavy atom. The van der Waals surface area contributed by atoms with Gasteiger partial charge in [0.25, 0.3) is 0 Å². The predicted octanol–water partition coefficient (Wildman–Crippen LogP) is -3.57. The highest BCUT2D eigenvalue weighted by molar-refractivity contribution is 5.96. The number of carbonyl (C=O) groups is 7. The second-order valence-electron chi connectivity index (χ2n) is 12.4. The quantitative estimate of drug-likeness (QED) is 0.0316. The molecule has 0 unspecified atom stereocenters. The van der Waals surface area contributed by atoms with E-state index in [4.69, 9.17) is 22.6 Å². The molecule has 0 saturated carbocycles. The number of unbranched alkanes of at least 4 members (excludes halogenated alkanes) is 1. The maximum absolute atomic E-state index is 13.8. The Kier molecular flexibility index (Phi) is 17.2. The van der Waals surface area contributed by atoms with E-state index in [2.05, 4.69) is 31.9 Å². The topological polar surface area (TPSA) is 317 Å². The number of amides is 6. The molecule has 49 heavy (non-hydrogen) atoms. The Hall–Kier alpha value is -4.52. The highest BCUT2D eigenvalue weighted by Crippen LogP contribution is 2.20. The number of rotatable bonds is 21. The van der Waals surface area contributed by atoms with E-state index in [9.17, 15) is 38.7 Å². The number of hydrogen-bond acceptors (Lipinski definition) is 10. The molecule has 19 nitrogen and oxygen atoms in total. The SMILES string of the molecule is C[C@H](NC(=O)[C@H](CCC(N)=O)NC(=O)[C@@H]1CCCN1)C(=O)N[C@@H](CCCCN)C(=O)N1CCC[C@H]1C(=O)N[C@@H](CCCNC(=N)N)C(=O)O. The zero-order chi connectivity index (χ0) is 36.5. The van der Waals surface area contributed by atoms with Gasteiger partial charge in [0.2, 0.25) is 35.4 Å². The van der Waals surface area contributed by atoms with E-state index >= 15 is 0 Å². The van der Waals surface area contributed by atoms with Crippen LogP contribution in [0.1, 0.15) is 77.6 Å². The largest absolute Gasteiger partial charge is 0.480 e. The maximum atomic E-state index is 13.8. The van der Waals surface area contributed by atoms with Crippen molar-refractivity contribution >= 4 is 47.4 Å². The molecule has 19 heteroatoms. The third kappa shape index (κ3) is 13.9. The van der Waals surface area contributed by atoms with Crippen LogP contribution in [0.4, 0.5) is 0 Å². The zero-order valence-electron chi connectivity index (χ0n) is 28.1. The Bertz CT molecular complexity index is 1200. The van der Waals surface area contributed by atoms with E-state index < -0.39 is 77.7 Å². The molecule has 14 N–H and O–H groups in total. The molecule has 2 fully saturated rings. The molecule has 0 aliphatic carbocycles. The van der Waals surface area contributed by atoms with E-state index in [1.807, 2.05) is 0 Å². The Labute approximate surface area is 285 Å². The Morgan fingerprint density at radius 3 is 2.16 bits per heavy atom. The van der Waals surface area contributed by atoms with Crippen molar-refractivity contribution in [2.75, 3.05) is 26.2 Å². The number of carboxylic acid groups (broad SMARTS) is 1. The summed E-state index contributed by atoms with van der Waals surface area (Å²) >= 11 is 0. The summed E-state index contributed by atoms with van der Waals surface area (Å²) in [4.78, 5) is 90.7. The second-order valence-corrected chi connectivity index (χ2v) is 12.4. The van der Waals surface area contributed by atoms with Crippen molar-refractivity contribution < 1.29 is 38.7 Å². The number of hydrogen-bond donors (Lipinski definition) is 11. The third-order valence-corrected chi connectivity index (χ3v) is 8.44. The lowest BCUT2D eigenvalue weighted by Crippen LogP contribution is -2.58. The number of nitrogens with two attached hydrogens (primary N) is 3. The normalized spacial score (nSPS) is 19.5. The maximum Gasteiger partial charge on any atom is 0.326 e. The highest BCUT2D eigenvalue weighted by Gasteiger charge is 2.39. The third-order valence-electron chi connectivity index (χ3n) is 8.44. The minimum absolute atomic E-state index is 0.0634. The van der Waals surface area contributed by atoms with Gasteiger partial charge in [-0.25, -0.2) is 4.79 Å². The molecule has 6 amide bonds. The lowest BCUT2D eigenvalue weighted by atomic mass is 10.1. The van der Waals surface area contributed by atoms with Gasteiger partial charge in [-0.1, -0.05) is 0 Å². The van der Waals surface area contributed by atoms with Crippen molar-refractivity contribution in [1.29, 1.82) is 5.41 Å². The van der Waals surface area contributed by atoms with Crippen molar-refractivity contribution in [2.45, 2.75) is 114 Å². The first-order valence-electron chi connectivity index (χ1n) is 16.8. The van der Waals surface area contributed by atoms with Gasteiger partial charge in [-0.05, 0) is 84.2 Å². The van der Waals surface area contributed by atoms with E-state index in [0.29, 0.717) is 51.6 Å². The molecule has 0 radical (unpaired) electrons. The fourth-order valence-electron chi connectivity index (χ4n) is 5.72. The number of likely N-dealkylation sites (tertiary alicyclic amines) is 1. The zero-order valence-corrected chi connectivity index (χ0v) is 28.1. The molecule has 276 valence electrons. The van der Waals surface area contributed by atoms with Crippen molar-refractivity contribution in [1.82, 2.24) is 36.8 Å². The number of carboxylic acids is 1. The fraction of sp³-hybridized carbons (Fsp3) is 0.733. The predicted molar refractivity (Wildman–Crippen MR) is 177 cm³/mol. The summed E-state index contributed by atoms with van der Waals surface area (Å²) in [5.41, 5.74) is 16.1. The number of aliphatic carboxylic acids is 1. The molecule has 2 aliphatic heterocycles. The first-order chi connectivity index (χ1) is 23.2. The van der Waals surface area contributed by atoms with Gasteiger partial charge in [0, 0.05) is 19.5 Å². The number of carbonyl (C=O) groups excluding carboxylic acids is 6. The van der Waals surface area contributed by atoms with Gasteiger partial charge >= 0.3 is 5.97 Å². The van der Waals surface area contributed by atoms with Crippen LogP contribution in [0.2, 0.25) is 0 Å². The summed E-state index contributed by atoms with van der Waals surface area (Å²) in [5, 5.41) is 32.8. The van der Waals surface area contributed by atoms with Crippen LogP contribution in [-0.2, 0) is 33.6 Å². The van der Waals surface area contributed by atoms with Gasteiger partial charge in [0.15, 0.2) is 5.96 Å². The summed E-state index contributed by atoms with van der Waals surface area (Å²) in [5.74, 6) is -5.15. The van der Waals surface area contributed by atoms with Crippen LogP contribution in [0, 0.1) is 5.41 Å². The van der Waals surface area contributed by atoms with Crippen LogP contribution in [0.15, 0.2) is 0 Å². The summed E-state index contributed by atoms with van der Waals surface area (Å²) in [6, 6.07) is -6.02. The van der Waals surface area contributed by atoms with Gasteiger partial charge in [-0.15, -0.1) is 0 Å². The molecule has 2 rings (SSSR count). The average Bonchev–Trinajstić information content (AvgIpc) is 3.76. The van der Waals surface area contributed by atoms with E-state index in [1.165, 1.54) is 11.8 Å². The second kappa shape index (κ2) is 20.8. The van der Waals surface area contributed by atoms with E-state index in [1.54, 1.807) is 0 Å². The summed E-state index contributed by atoms with van der Waals surface area (Å²) in [6.07, 6.45) is 3.51. The van der Waals surface area contributed by atoms with Gasteiger partial charge < -0.3 is 59.1 Å². The summed E-state index contributed by atoms with van der Waals surface area (Å²) in [7, 11) is 0. The molecule has 2 saturated heterocycles. The van der Waals surface area contributed by atoms with E-state index in [0.717, 1.165) is 6.42 Å². The monoisotopic (exact) mass is 695 g/mol. The van der Waals surface area contributed by atoms with Crippen LogP contribution in [0.3, 0.4) is 0 Å². The molecule has 0 spiro atoms. The number of guanidine groups is 1. The van der Waals surface area contributed by atoms with Crippen LogP contribution in [0.25, 0.3) is 0 Å². The average molecular weight is 696 g/mol. The molecule has 0 bridgehead atoms. The first kappa shape index (κ1) is 40.7. The molecular weight excluding hydrogens is 642 g/mol. The Balaban J connectivity index is 2.09. The van der Waals surface area contributed by atoms with E-state index in [-0.39, 0.29) is 44.7 Å². The highest BCUT2D eigenvalue weighted by atomic mass is 16.4. The summed E-state index contributed by atoms with van der Waals surface area (Å²) < 4.78 is 0. The lowest BCUT2D eigenvalue weighted by Gasteiger charge is -2.30. The van der Waals surface area contributed by atoms with Crippen molar-refractivity contribution in [3.63, 3.8) is 0 Å². The Morgan fingerprint density at radius 2 is 1.55 bits per heavy atom. The molecule has 0 aromatic heterocycles. The van der Waals surface area contributed by atoms with Crippen LogP contribution >= 0.6 is 0 Å². The minimum Gasteiger partial charge on any atom is -0.480 e. The molecule has 0 aromatic carbocycles. The molecule has 2 aliphatic rings. The standard InChI is InChI=1S/C30H53N11O8/c1-17(37-26(45)19(11-12-23(32)42)38-25(44)18-8-4-14-35-18)24(43)39-20(7-2-3-13-31)28(47)41-16-6-10-22(41)27(46)40-21(29(48)49)9-5-15-36-30(33)34/h17-22,35H,2-16,31H2,1H3,(H2,32,42)(H,37,45)(H,38,44)(H,39,43)(H,40,46)(H,48,49)(H4,33,34,36)/t17-,18-,19-,20-,21-,22-/m0/s1. The smallest absolute Gasteiger partial charge is 0.326 e. The van der Waals surface area contributed by atoms with Crippen molar-refractivity contribution in [2.24, 2.45) is 17.2 Å². The first-order valence-corrected chi connectivity index (χ1v) is 16.8. The fourth-order valence-corrected chi connectivity index (χ4v) is 5.72. The summed E-state index contributed by atoms with van der Waals surface area (Å²) in [6.45, 7) is 2.87. The molecular formula is C30H53N11O8. The van der Waals surface area contributed by atoms with Gasteiger partial charge in [-0.2, -0.15) is 0 Å². The molecule has 0 aromatic rings. The molecule has 6 atom stereocenters. The number of nitrogens with zero attached hydrogens (tertiary/aromatic N) is 1. The van der Waals surface area contributed by atoms with Crippen LogP contribution < -0.4 is 49.1 Å². The van der Waals surface area contributed by atoms with Gasteiger partial charge in [-0.3, -0.25) is 34.2 Å². The molecule has 2 heterocycles. The van der Waals surface area contributed by atoms with Crippen LogP contribution in [0.5, 0.6) is 0 Å². The van der Waals surface area contributed by atoms with Gasteiger partial charge in [0.1, 0.15) is 30.2 Å². The van der Waals surface area contributed by atoms with Gasteiger partial charge in [0.05, 0.1) is 6.04 Å². The van der Waals surface area contributed by atoms with Crippen molar-refractivity contribution in [3.8, 4) is 0 Å². The number of primary amides is 1. The van der Waals surface area contributed by atoms with Crippen LogP contribution in [-0.4, -0.2) is 120 Å². The van der Waals surface area contributed by atoms with Crippen molar-refractivity contribution in [3.05, 3.63) is 0 Å². The number of nitrogens with one attached hydrogen (secondary N) is 7.